The van der Waals surface area contributed by atoms with Gasteiger partial charge >= 0.3 is 6.09 Å². The Hall–Kier alpha value is -5.73. The monoisotopic (exact) mass is 707 g/mol. The van der Waals surface area contributed by atoms with E-state index in [1.165, 1.54) is 19.4 Å². The fraction of sp³-hybridized carbons (Fsp3) is 0.417. The quantitative estimate of drug-likeness (QED) is 0.0777. The van der Waals surface area contributed by atoms with Gasteiger partial charge < -0.3 is 42.3 Å². The van der Waals surface area contributed by atoms with Gasteiger partial charge in [0.05, 0.1) is 6.21 Å². The highest BCUT2D eigenvalue weighted by Crippen LogP contribution is 2.10. The predicted octanol–water partition coefficient (Wildman–Crippen LogP) is 1.74. The molecule has 8 N–H and O–H groups in total. The predicted molar refractivity (Wildman–Crippen MR) is 190 cm³/mol. The van der Waals surface area contributed by atoms with Crippen molar-refractivity contribution < 1.29 is 38.3 Å². The van der Waals surface area contributed by atoms with Crippen molar-refractivity contribution in [3.05, 3.63) is 83.9 Å². The van der Waals surface area contributed by atoms with E-state index in [1.807, 2.05) is 32.0 Å². The van der Waals surface area contributed by atoms with Gasteiger partial charge in [-0.25, -0.2) is 4.79 Å². The molecule has 276 valence electrons. The molecule has 15 heteroatoms. The van der Waals surface area contributed by atoms with Crippen molar-refractivity contribution in [2.24, 2.45) is 22.5 Å². The Morgan fingerprint density at radius 2 is 1.27 bits per heavy atom. The highest BCUT2D eigenvalue weighted by molar-refractivity contribution is 5.94. The average Bonchev–Trinajstić information content (AvgIpc) is 3.09. The summed E-state index contributed by atoms with van der Waals surface area (Å²) in [5.41, 5.74) is 12.2. The van der Waals surface area contributed by atoms with E-state index in [4.69, 9.17) is 16.2 Å². The Morgan fingerprint density at radius 1 is 0.725 bits per heavy atom. The minimum absolute atomic E-state index is 0.00356. The van der Waals surface area contributed by atoms with Crippen LogP contribution in [0.25, 0.3) is 0 Å². The number of amides is 6. The Bertz CT molecular complexity index is 1480. The number of nitrogens with one attached hydrogen (secondary N) is 4. The number of allylic oxidation sites excluding steroid dienone is 1. The molecule has 0 saturated heterocycles. The first-order valence-corrected chi connectivity index (χ1v) is 16.6. The van der Waals surface area contributed by atoms with Crippen LogP contribution in [-0.4, -0.2) is 73.1 Å². The summed E-state index contributed by atoms with van der Waals surface area (Å²) in [7, 11) is 1.36. The lowest BCUT2D eigenvalue weighted by Crippen LogP contribution is -2.58. The Morgan fingerprint density at radius 3 is 1.86 bits per heavy atom. The van der Waals surface area contributed by atoms with Crippen LogP contribution in [-0.2, 0) is 46.6 Å². The van der Waals surface area contributed by atoms with Gasteiger partial charge in [-0.15, -0.1) is 0 Å². The Labute approximate surface area is 297 Å². The molecule has 0 radical (unpaired) electrons. The maximum absolute atomic E-state index is 13.9. The van der Waals surface area contributed by atoms with Gasteiger partial charge in [0.1, 0.15) is 31.8 Å². The van der Waals surface area contributed by atoms with E-state index in [9.17, 15) is 28.8 Å². The van der Waals surface area contributed by atoms with Crippen molar-refractivity contribution in [2.45, 2.75) is 83.1 Å². The van der Waals surface area contributed by atoms with Crippen LogP contribution in [0.1, 0.15) is 57.1 Å². The van der Waals surface area contributed by atoms with Crippen LogP contribution in [0.15, 0.2) is 78.0 Å². The van der Waals surface area contributed by atoms with Crippen molar-refractivity contribution in [1.82, 2.24) is 21.3 Å². The lowest BCUT2D eigenvalue weighted by molar-refractivity contribution is -0.133. The first-order chi connectivity index (χ1) is 24.4. The van der Waals surface area contributed by atoms with Gasteiger partial charge in [-0.1, -0.05) is 85.7 Å². The van der Waals surface area contributed by atoms with Gasteiger partial charge in [0, 0.05) is 25.3 Å². The summed E-state index contributed by atoms with van der Waals surface area (Å²) >= 11 is 0. The molecule has 6 amide bonds. The molecule has 2 rings (SSSR count). The molecule has 0 bridgehead atoms. The Balaban J connectivity index is 2.29. The van der Waals surface area contributed by atoms with Crippen LogP contribution < -0.4 is 32.7 Å². The number of hydrogen-bond donors (Lipinski definition) is 6. The fourth-order valence-corrected chi connectivity index (χ4v) is 4.85. The molecule has 0 saturated carbocycles. The molecule has 2 aromatic carbocycles. The number of benzene rings is 2. The van der Waals surface area contributed by atoms with Gasteiger partial charge in [0.15, 0.2) is 0 Å². The summed E-state index contributed by atoms with van der Waals surface area (Å²) in [6, 6.07) is 13.7. The number of carbonyl (C=O) groups excluding carboxylic acids is 6. The minimum atomic E-state index is -1.25. The maximum atomic E-state index is 13.9. The summed E-state index contributed by atoms with van der Waals surface area (Å²) in [6.45, 7) is 3.75. The largest absolute Gasteiger partial charge is 0.445 e. The number of nitrogens with zero attached hydrogens (tertiary/aromatic N) is 1. The second-order valence-corrected chi connectivity index (χ2v) is 12.1. The summed E-state index contributed by atoms with van der Waals surface area (Å²) in [5, 5.41) is 14.3. The van der Waals surface area contributed by atoms with Crippen molar-refractivity contribution in [3.8, 4) is 0 Å². The SMILES string of the molecule is CO/N=C/C=C/[C@H](CCC(N)=O)NC(=O)[C@H](CCC(N)=O)NC(=O)[C@H](Cc1ccccc1)NC(=O)[C@H](CC(C)C)NC(=O)OCc1ccccc1. The molecular weight excluding hydrogens is 658 g/mol. The summed E-state index contributed by atoms with van der Waals surface area (Å²) in [6.07, 6.45) is 3.56. The molecule has 0 spiro atoms. The topological polar surface area (TPSA) is 233 Å². The second-order valence-electron chi connectivity index (χ2n) is 12.1. The molecule has 0 aliphatic heterocycles. The van der Waals surface area contributed by atoms with E-state index in [1.54, 1.807) is 48.5 Å². The van der Waals surface area contributed by atoms with Gasteiger partial charge in [0.2, 0.25) is 29.5 Å². The molecule has 0 fully saturated rings. The molecule has 2 aromatic rings. The van der Waals surface area contributed by atoms with Gasteiger partial charge in [-0.2, -0.15) is 0 Å². The molecule has 0 heterocycles. The molecule has 15 nitrogen and oxygen atoms in total. The number of hydrogen-bond acceptors (Lipinski definition) is 9. The molecule has 0 aliphatic carbocycles. The normalized spacial score (nSPS) is 13.5. The fourth-order valence-electron chi connectivity index (χ4n) is 4.85. The van der Waals surface area contributed by atoms with Crippen LogP contribution in [0.4, 0.5) is 4.79 Å². The highest BCUT2D eigenvalue weighted by atomic mass is 16.6. The van der Waals surface area contributed by atoms with Crippen LogP contribution in [0, 0.1) is 5.92 Å². The number of nitrogens with two attached hydrogens (primary N) is 2. The highest BCUT2D eigenvalue weighted by Gasteiger charge is 2.31. The lowest BCUT2D eigenvalue weighted by atomic mass is 10.0. The zero-order chi connectivity index (χ0) is 37.6. The molecule has 4 atom stereocenters. The van der Waals surface area contributed by atoms with E-state index < -0.39 is 59.8 Å². The smallest absolute Gasteiger partial charge is 0.408 e. The molecule has 0 aromatic heterocycles. The zero-order valence-electron chi connectivity index (χ0n) is 29.2. The van der Waals surface area contributed by atoms with Gasteiger partial charge in [-0.05, 0) is 42.4 Å². The van der Waals surface area contributed by atoms with Crippen LogP contribution >= 0.6 is 0 Å². The summed E-state index contributed by atoms with van der Waals surface area (Å²) in [4.78, 5) is 81.6. The molecule has 0 aliphatic rings. The third kappa shape index (κ3) is 17.5. The molecule has 51 heavy (non-hydrogen) atoms. The van der Waals surface area contributed by atoms with E-state index in [0.29, 0.717) is 5.56 Å². The van der Waals surface area contributed by atoms with Gasteiger partial charge in [-0.3, -0.25) is 24.0 Å². The second kappa shape index (κ2) is 22.8. The van der Waals surface area contributed by atoms with Crippen molar-refractivity contribution >= 4 is 41.8 Å². The third-order valence-corrected chi connectivity index (χ3v) is 7.38. The lowest BCUT2D eigenvalue weighted by Gasteiger charge is -2.26. The van der Waals surface area contributed by atoms with E-state index in [2.05, 4.69) is 31.3 Å². The van der Waals surface area contributed by atoms with Crippen molar-refractivity contribution in [1.29, 1.82) is 0 Å². The number of rotatable bonds is 22. The Kier molecular flexibility index (Phi) is 18.5. The third-order valence-electron chi connectivity index (χ3n) is 7.38. The van der Waals surface area contributed by atoms with E-state index >= 15 is 0 Å². The zero-order valence-corrected chi connectivity index (χ0v) is 29.2. The van der Waals surface area contributed by atoms with E-state index in [0.717, 1.165) is 5.56 Å². The average molecular weight is 708 g/mol. The number of oxime groups is 1. The summed E-state index contributed by atoms with van der Waals surface area (Å²) in [5.74, 6) is -3.32. The minimum Gasteiger partial charge on any atom is -0.445 e. The maximum Gasteiger partial charge on any atom is 0.408 e. The number of alkyl carbamates (subject to hydrolysis) is 1. The molecule has 0 unspecified atom stereocenters. The standard InChI is InChI=1S/C36H49N7O8/c1-24(2)21-29(43-36(49)51-23-26-13-8-5-9-14-26)34(47)42-30(22-25-11-6-4-7-12-25)35(48)41-28(17-19-32(38)45)33(46)40-27(16-18-31(37)44)15-10-20-39-50-3/h4-15,20,24,27-30H,16-19,21-23H2,1-3H3,(H2,37,44)(H2,38,45)(H,40,46)(H,41,48)(H,42,47)(H,43,49)/b15-10+,39-20+/t27-,28+,29+,30+/m1/s1. The van der Waals surface area contributed by atoms with Gasteiger partial charge in [0.25, 0.3) is 0 Å². The number of primary amides is 2. The first-order valence-electron chi connectivity index (χ1n) is 16.6. The number of ether oxygens (including phenoxy) is 1. The van der Waals surface area contributed by atoms with Crippen molar-refractivity contribution in [2.75, 3.05) is 7.11 Å². The summed E-state index contributed by atoms with van der Waals surface area (Å²) < 4.78 is 5.33. The van der Waals surface area contributed by atoms with Crippen LogP contribution in [0.3, 0.4) is 0 Å². The molecular formula is C36H49N7O8. The number of carbonyl (C=O) groups is 6. The van der Waals surface area contributed by atoms with Crippen LogP contribution in [0.5, 0.6) is 0 Å². The van der Waals surface area contributed by atoms with Crippen LogP contribution in [0.2, 0.25) is 0 Å². The van der Waals surface area contributed by atoms with Crippen molar-refractivity contribution in [3.63, 3.8) is 0 Å². The van der Waals surface area contributed by atoms with E-state index in [-0.39, 0.29) is 51.0 Å². The first kappa shape index (κ1) is 41.4.